The van der Waals surface area contributed by atoms with Crippen LogP contribution >= 0.6 is 0 Å². The number of rotatable bonds is 6. The average molecular weight is 199 g/mol. The Hall–Kier alpha value is -1.32. The van der Waals surface area contributed by atoms with Gasteiger partial charge in [0.1, 0.15) is 0 Å². The molecule has 14 heavy (non-hydrogen) atoms. The maximum absolute atomic E-state index is 11.1. The van der Waals surface area contributed by atoms with Gasteiger partial charge in [-0.15, -0.1) is 0 Å². The molecule has 4 heteroatoms. The third kappa shape index (κ3) is 7.34. The van der Waals surface area contributed by atoms with Crippen molar-refractivity contribution in [2.45, 2.75) is 39.2 Å². The van der Waals surface area contributed by atoms with Crippen LogP contribution in [0.25, 0.3) is 0 Å². The third-order valence-corrected chi connectivity index (χ3v) is 1.76. The van der Waals surface area contributed by atoms with E-state index in [2.05, 4.69) is 12.2 Å². The van der Waals surface area contributed by atoms with Crippen LogP contribution in [0.2, 0.25) is 0 Å². The van der Waals surface area contributed by atoms with Crippen molar-refractivity contribution in [3.05, 3.63) is 12.2 Å². The van der Waals surface area contributed by atoms with Crippen molar-refractivity contribution < 1.29 is 14.7 Å². The van der Waals surface area contributed by atoms with Crippen LogP contribution < -0.4 is 5.32 Å². The van der Waals surface area contributed by atoms with Gasteiger partial charge in [0, 0.05) is 18.2 Å². The zero-order chi connectivity index (χ0) is 11.0. The van der Waals surface area contributed by atoms with E-state index < -0.39 is 5.97 Å². The van der Waals surface area contributed by atoms with Crippen LogP contribution in [0.3, 0.4) is 0 Å². The molecule has 1 amide bonds. The highest BCUT2D eigenvalue weighted by Crippen LogP contribution is 1.99. The summed E-state index contributed by atoms with van der Waals surface area (Å²) in [4.78, 5) is 21.2. The minimum atomic E-state index is -1.11. The Morgan fingerprint density at radius 2 is 2.07 bits per heavy atom. The number of unbranched alkanes of at least 4 members (excludes halogenated alkanes) is 1. The molecule has 0 rings (SSSR count). The van der Waals surface area contributed by atoms with E-state index in [1.807, 2.05) is 6.92 Å². The quantitative estimate of drug-likeness (QED) is 0.634. The molecule has 1 atom stereocenters. The summed E-state index contributed by atoms with van der Waals surface area (Å²) in [6, 6.07) is 0.0981. The van der Waals surface area contributed by atoms with Gasteiger partial charge in [-0.3, -0.25) is 4.79 Å². The highest BCUT2D eigenvalue weighted by atomic mass is 16.4. The predicted octanol–water partition coefficient (Wildman–Crippen LogP) is 1.32. The number of aliphatic carboxylic acids is 1. The van der Waals surface area contributed by atoms with Crippen LogP contribution in [0.5, 0.6) is 0 Å². The first kappa shape index (κ1) is 12.7. The first-order valence-electron chi connectivity index (χ1n) is 4.77. The largest absolute Gasteiger partial charge is 0.478 e. The van der Waals surface area contributed by atoms with Gasteiger partial charge in [-0.1, -0.05) is 19.8 Å². The van der Waals surface area contributed by atoms with Crippen LogP contribution in [0.15, 0.2) is 12.2 Å². The predicted molar refractivity (Wildman–Crippen MR) is 53.9 cm³/mol. The number of carbonyl (C=O) groups is 2. The van der Waals surface area contributed by atoms with Crippen molar-refractivity contribution in [2.24, 2.45) is 0 Å². The first-order valence-corrected chi connectivity index (χ1v) is 4.77. The highest BCUT2D eigenvalue weighted by molar-refractivity contribution is 5.93. The lowest BCUT2D eigenvalue weighted by molar-refractivity contribution is -0.131. The minimum absolute atomic E-state index is 0.0981. The lowest BCUT2D eigenvalue weighted by Gasteiger charge is -2.10. The Labute approximate surface area is 84.0 Å². The molecule has 0 aliphatic rings. The second-order valence-corrected chi connectivity index (χ2v) is 3.22. The Bertz CT molecular complexity index is 223. The SMILES string of the molecule is CCCCC(C)NC(=O)C=CC(=O)O. The zero-order valence-corrected chi connectivity index (χ0v) is 8.62. The zero-order valence-electron chi connectivity index (χ0n) is 8.62. The number of carbonyl (C=O) groups excluding carboxylic acids is 1. The smallest absolute Gasteiger partial charge is 0.328 e. The van der Waals surface area contributed by atoms with Crippen molar-refractivity contribution in [3.63, 3.8) is 0 Å². The van der Waals surface area contributed by atoms with E-state index in [0.717, 1.165) is 31.4 Å². The highest BCUT2D eigenvalue weighted by Gasteiger charge is 2.03. The molecule has 0 saturated carbocycles. The van der Waals surface area contributed by atoms with E-state index >= 15 is 0 Å². The summed E-state index contributed by atoms with van der Waals surface area (Å²) < 4.78 is 0. The molecule has 2 N–H and O–H groups in total. The summed E-state index contributed by atoms with van der Waals surface area (Å²) >= 11 is 0. The van der Waals surface area contributed by atoms with E-state index in [1.165, 1.54) is 0 Å². The second kappa shape index (κ2) is 7.12. The monoisotopic (exact) mass is 199 g/mol. The number of nitrogens with one attached hydrogen (secondary N) is 1. The van der Waals surface area contributed by atoms with Gasteiger partial charge in [0.25, 0.3) is 0 Å². The van der Waals surface area contributed by atoms with Crippen LogP contribution in [0.1, 0.15) is 33.1 Å². The number of hydrogen-bond donors (Lipinski definition) is 2. The number of carboxylic acid groups (broad SMARTS) is 1. The van der Waals surface area contributed by atoms with Crippen LogP contribution in [-0.4, -0.2) is 23.0 Å². The molecule has 1 unspecified atom stereocenters. The van der Waals surface area contributed by atoms with Crippen molar-refractivity contribution in [1.29, 1.82) is 0 Å². The molecular weight excluding hydrogens is 182 g/mol. The fourth-order valence-electron chi connectivity index (χ4n) is 1.02. The van der Waals surface area contributed by atoms with Crippen LogP contribution in [-0.2, 0) is 9.59 Å². The van der Waals surface area contributed by atoms with Gasteiger partial charge in [-0.25, -0.2) is 4.79 Å². The van der Waals surface area contributed by atoms with Crippen LogP contribution in [0.4, 0.5) is 0 Å². The van der Waals surface area contributed by atoms with Gasteiger partial charge in [-0.05, 0) is 13.3 Å². The summed E-state index contributed by atoms with van der Waals surface area (Å²) in [5.74, 6) is -1.46. The third-order valence-electron chi connectivity index (χ3n) is 1.76. The number of carboxylic acids is 1. The van der Waals surface area contributed by atoms with Gasteiger partial charge in [0.15, 0.2) is 0 Å². The lowest BCUT2D eigenvalue weighted by Crippen LogP contribution is -2.31. The Morgan fingerprint density at radius 3 is 2.57 bits per heavy atom. The molecule has 0 aliphatic heterocycles. The van der Waals surface area contributed by atoms with Crippen molar-refractivity contribution >= 4 is 11.9 Å². The standard InChI is InChI=1S/C10H17NO3/c1-3-4-5-8(2)11-9(12)6-7-10(13)14/h6-8H,3-5H2,1-2H3,(H,11,12)(H,13,14). The summed E-state index contributed by atoms with van der Waals surface area (Å²) in [5.41, 5.74) is 0. The fourth-order valence-corrected chi connectivity index (χ4v) is 1.02. The van der Waals surface area contributed by atoms with E-state index in [0.29, 0.717) is 0 Å². The van der Waals surface area contributed by atoms with Gasteiger partial charge < -0.3 is 10.4 Å². The molecule has 0 radical (unpaired) electrons. The molecule has 4 nitrogen and oxygen atoms in total. The normalized spacial score (nSPS) is 12.7. The maximum Gasteiger partial charge on any atom is 0.328 e. The van der Waals surface area contributed by atoms with Crippen molar-refractivity contribution in [1.82, 2.24) is 5.32 Å². The van der Waals surface area contributed by atoms with Gasteiger partial charge in [-0.2, -0.15) is 0 Å². The summed E-state index contributed by atoms with van der Waals surface area (Å²) in [7, 11) is 0. The Kier molecular flexibility index (Phi) is 6.45. The fraction of sp³-hybridized carbons (Fsp3) is 0.600. The molecule has 0 aromatic heterocycles. The molecule has 0 bridgehead atoms. The number of amides is 1. The topological polar surface area (TPSA) is 66.4 Å². The van der Waals surface area contributed by atoms with Gasteiger partial charge >= 0.3 is 5.97 Å². The second-order valence-electron chi connectivity index (χ2n) is 3.22. The van der Waals surface area contributed by atoms with E-state index in [-0.39, 0.29) is 11.9 Å². The van der Waals surface area contributed by atoms with E-state index in [4.69, 9.17) is 5.11 Å². The molecule has 0 saturated heterocycles. The first-order chi connectivity index (χ1) is 6.56. The summed E-state index contributed by atoms with van der Waals surface area (Å²) in [6.07, 6.45) is 4.94. The maximum atomic E-state index is 11.1. The molecule has 0 spiro atoms. The Balaban J connectivity index is 3.76. The molecular formula is C10H17NO3. The van der Waals surface area contributed by atoms with Crippen molar-refractivity contribution in [2.75, 3.05) is 0 Å². The molecule has 80 valence electrons. The summed E-state index contributed by atoms with van der Waals surface area (Å²) in [5, 5.41) is 11.0. The van der Waals surface area contributed by atoms with E-state index in [1.54, 1.807) is 0 Å². The molecule has 0 aliphatic carbocycles. The molecule has 0 aromatic carbocycles. The lowest BCUT2D eigenvalue weighted by atomic mass is 10.1. The molecule has 0 heterocycles. The Morgan fingerprint density at radius 1 is 1.43 bits per heavy atom. The number of hydrogen-bond acceptors (Lipinski definition) is 2. The van der Waals surface area contributed by atoms with E-state index in [9.17, 15) is 9.59 Å². The average Bonchev–Trinajstić information content (AvgIpc) is 2.11. The van der Waals surface area contributed by atoms with Crippen molar-refractivity contribution in [3.8, 4) is 0 Å². The van der Waals surface area contributed by atoms with Crippen LogP contribution in [0, 0.1) is 0 Å². The molecule has 0 aromatic rings. The summed E-state index contributed by atoms with van der Waals surface area (Å²) in [6.45, 7) is 3.99. The molecule has 0 fully saturated rings. The van der Waals surface area contributed by atoms with Gasteiger partial charge in [0.05, 0.1) is 0 Å². The van der Waals surface area contributed by atoms with Gasteiger partial charge in [0.2, 0.25) is 5.91 Å². The minimum Gasteiger partial charge on any atom is -0.478 e.